The highest BCUT2D eigenvalue weighted by molar-refractivity contribution is 6.04. The molecule has 0 bridgehead atoms. The summed E-state index contributed by atoms with van der Waals surface area (Å²) in [5.41, 5.74) is 4.86. The highest BCUT2D eigenvalue weighted by atomic mass is 16.2. The van der Waals surface area contributed by atoms with Crippen LogP contribution in [0.1, 0.15) is 60.5 Å². The fourth-order valence-electron chi connectivity index (χ4n) is 4.23. The zero-order chi connectivity index (χ0) is 24.6. The fourth-order valence-corrected chi connectivity index (χ4v) is 4.23. The molecule has 1 aromatic heterocycles. The van der Waals surface area contributed by atoms with Crippen LogP contribution >= 0.6 is 0 Å². The molecule has 182 valence electrons. The Morgan fingerprint density at radius 1 is 0.943 bits per heavy atom. The molecule has 1 aliphatic rings. The van der Waals surface area contributed by atoms with Gasteiger partial charge in [-0.2, -0.15) is 0 Å². The van der Waals surface area contributed by atoms with Gasteiger partial charge in [0, 0.05) is 49.1 Å². The van der Waals surface area contributed by atoms with Crippen LogP contribution in [0.5, 0.6) is 0 Å². The number of carbonyl (C=O) groups is 2. The van der Waals surface area contributed by atoms with Crippen molar-refractivity contribution >= 4 is 29.0 Å². The number of anilines is 3. The third kappa shape index (κ3) is 6.59. The molecule has 0 spiro atoms. The van der Waals surface area contributed by atoms with Gasteiger partial charge in [-0.3, -0.25) is 9.78 Å². The van der Waals surface area contributed by atoms with Crippen molar-refractivity contribution in [3.63, 3.8) is 0 Å². The highest BCUT2D eigenvalue weighted by Crippen LogP contribution is 2.27. The minimum atomic E-state index is -0.352. The molecule has 35 heavy (non-hydrogen) atoms. The summed E-state index contributed by atoms with van der Waals surface area (Å²) in [7, 11) is 0. The second-order valence-electron chi connectivity index (χ2n) is 9.18. The molecule has 3 aromatic rings. The van der Waals surface area contributed by atoms with Crippen molar-refractivity contribution in [3.05, 3.63) is 83.7 Å². The van der Waals surface area contributed by atoms with Gasteiger partial charge in [0.25, 0.3) is 5.91 Å². The summed E-state index contributed by atoms with van der Waals surface area (Å²) in [5, 5.41) is 8.73. The maximum absolute atomic E-state index is 13.2. The van der Waals surface area contributed by atoms with Gasteiger partial charge in [-0.1, -0.05) is 32.0 Å². The Bertz CT molecular complexity index is 1140. The summed E-state index contributed by atoms with van der Waals surface area (Å²) in [6.45, 7) is 6.49. The normalized spacial score (nSPS) is 13.4. The third-order valence-corrected chi connectivity index (χ3v) is 6.21. The van der Waals surface area contributed by atoms with E-state index < -0.39 is 0 Å². The van der Waals surface area contributed by atoms with E-state index in [1.807, 2.05) is 48.5 Å². The van der Waals surface area contributed by atoms with E-state index in [-0.39, 0.29) is 11.9 Å². The van der Waals surface area contributed by atoms with Gasteiger partial charge in [0.15, 0.2) is 0 Å². The van der Waals surface area contributed by atoms with Crippen molar-refractivity contribution < 1.29 is 9.59 Å². The van der Waals surface area contributed by atoms with Gasteiger partial charge in [0.05, 0.1) is 5.56 Å². The summed E-state index contributed by atoms with van der Waals surface area (Å²) < 4.78 is 0. The van der Waals surface area contributed by atoms with Gasteiger partial charge < -0.3 is 20.9 Å². The topological polar surface area (TPSA) is 86.4 Å². The van der Waals surface area contributed by atoms with E-state index in [1.165, 1.54) is 12.0 Å². The van der Waals surface area contributed by atoms with Crippen molar-refractivity contribution in [2.75, 3.05) is 28.6 Å². The molecule has 0 saturated carbocycles. The van der Waals surface area contributed by atoms with Crippen LogP contribution in [0.3, 0.4) is 0 Å². The lowest BCUT2D eigenvalue weighted by atomic mass is 10.0. The first-order valence-electron chi connectivity index (χ1n) is 12.2. The van der Waals surface area contributed by atoms with Crippen LogP contribution < -0.4 is 20.9 Å². The summed E-state index contributed by atoms with van der Waals surface area (Å²) in [6, 6.07) is 16.8. The Balaban J connectivity index is 1.49. The van der Waals surface area contributed by atoms with E-state index in [0.717, 1.165) is 37.2 Å². The number of nitrogens with one attached hydrogen (secondary N) is 3. The molecule has 2 aromatic carbocycles. The molecule has 7 nitrogen and oxygen atoms in total. The van der Waals surface area contributed by atoms with Gasteiger partial charge in [0.2, 0.25) is 0 Å². The van der Waals surface area contributed by atoms with E-state index in [4.69, 9.17) is 0 Å². The number of aromatic nitrogens is 1. The molecule has 7 heteroatoms. The lowest BCUT2D eigenvalue weighted by Gasteiger charge is -2.30. The Kier molecular flexibility index (Phi) is 7.98. The molecule has 3 amide bonds. The number of benzene rings is 2. The van der Waals surface area contributed by atoms with Crippen LogP contribution in [0.25, 0.3) is 0 Å². The number of piperidine rings is 1. The standard InChI is InChI=1S/C28H33N5O2/c1-20(2)22-8-10-23(11-9-22)31-28(35)32-24-12-13-26(33-15-4-3-5-16-33)25(17-24)27(34)30-19-21-7-6-14-29-18-21/h6-14,17-18,20H,3-5,15-16,19H2,1-2H3,(H,30,34)(H2,31,32,35). The number of nitrogens with zero attached hydrogens (tertiary/aromatic N) is 2. The van der Waals surface area contributed by atoms with Gasteiger partial charge in [0.1, 0.15) is 0 Å². The molecular weight excluding hydrogens is 438 g/mol. The first-order chi connectivity index (χ1) is 17.0. The second kappa shape index (κ2) is 11.5. The second-order valence-corrected chi connectivity index (χ2v) is 9.18. The number of rotatable bonds is 7. The van der Waals surface area contributed by atoms with E-state index in [9.17, 15) is 9.59 Å². The molecular formula is C28H33N5O2. The number of hydrogen-bond donors (Lipinski definition) is 3. The lowest BCUT2D eigenvalue weighted by Crippen LogP contribution is -2.33. The molecule has 3 N–H and O–H groups in total. The van der Waals surface area contributed by atoms with E-state index in [1.54, 1.807) is 18.5 Å². The van der Waals surface area contributed by atoms with Gasteiger partial charge in [-0.25, -0.2) is 4.79 Å². The predicted octanol–water partition coefficient (Wildman–Crippen LogP) is 5.77. The van der Waals surface area contributed by atoms with Crippen LogP contribution in [0.2, 0.25) is 0 Å². The highest BCUT2D eigenvalue weighted by Gasteiger charge is 2.20. The van der Waals surface area contributed by atoms with Crippen molar-refractivity contribution in [2.45, 2.75) is 45.6 Å². The molecule has 1 aliphatic heterocycles. The zero-order valence-corrected chi connectivity index (χ0v) is 20.4. The molecule has 0 aliphatic carbocycles. The quantitative estimate of drug-likeness (QED) is 0.408. The van der Waals surface area contributed by atoms with Crippen LogP contribution in [0, 0.1) is 0 Å². The third-order valence-electron chi connectivity index (χ3n) is 6.21. The zero-order valence-electron chi connectivity index (χ0n) is 20.4. The van der Waals surface area contributed by atoms with Crippen molar-refractivity contribution in [1.29, 1.82) is 0 Å². The molecule has 2 heterocycles. The van der Waals surface area contributed by atoms with E-state index in [2.05, 4.69) is 39.7 Å². The summed E-state index contributed by atoms with van der Waals surface area (Å²) >= 11 is 0. The summed E-state index contributed by atoms with van der Waals surface area (Å²) in [6.07, 6.45) is 6.86. The summed E-state index contributed by atoms with van der Waals surface area (Å²) in [5.74, 6) is 0.252. The van der Waals surface area contributed by atoms with Crippen LogP contribution in [-0.2, 0) is 6.54 Å². The Morgan fingerprint density at radius 2 is 1.66 bits per heavy atom. The molecule has 0 atom stereocenters. The largest absolute Gasteiger partial charge is 0.371 e. The Hall–Kier alpha value is -3.87. The fraction of sp³-hybridized carbons (Fsp3) is 0.321. The molecule has 0 radical (unpaired) electrons. The molecule has 0 unspecified atom stereocenters. The van der Waals surface area contributed by atoms with E-state index >= 15 is 0 Å². The SMILES string of the molecule is CC(C)c1ccc(NC(=O)Nc2ccc(N3CCCCC3)c(C(=O)NCc3cccnc3)c2)cc1. The molecule has 4 rings (SSSR count). The van der Waals surface area contributed by atoms with Gasteiger partial charge in [-0.15, -0.1) is 0 Å². The van der Waals surface area contributed by atoms with Gasteiger partial charge in [-0.05, 0) is 72.7 Å². The van der Waals surface area contributed by atoms with Crippen molar-refractivity contribution in [3.8, 4) is 0 Å². The van der Waals surface area contributed by atoms with Crippen LogP contribution in [0.4, 0.5) is 21.9 Å². The number of hydrogen-bond acceptors (Lipinski definition) is 4. The van der Waals surface area contributed by atoms with Crippen molar-refractivity contribution in [1.82, 2.24) is 10.3 Å². The average molecular weight is 472 g/mol. The number of carbonyl (C=O) groups excluding carboxylic acids is 2. The first kappa shape index (κ1) is 24.3. The maximum atomic E-state index is 13.2. The maximum Gasteiger partial charge on any atom is 0.323 e. The van der Waals surface area contributed by atoms with Gasteiger partial charge >= 0.3 is 6.03 Å². The minimum Gasteiger partial charge on any atom is -0.371 e. The van der Waals surface area contributed by atoms with Crippen molar-refractivity contribution in [2.24, 2.45) is 0 Å². The van der Waals surface area contributed by atoms with E-state index in [0.29, 0.717) is 29.4 Å². The number of pyridine rings is 1. The lowest BCUT2D eigenvalue weighted by molar-refractivity contribution is 0.0951. The smallest absolute Gasteiger partial charge is 0.323 e. The predicted molar refractivity (Wildman–Crippen MR) is 141 cm³/mol. The monoisotopic (exact) mass is 471 g/mol. The molecule has 1 fully saturated rings. The number of amides is 3. The Labute approximate surface area is 207 Å². The minimum absolute atomic E-state index is 0.178. The van der Waals surface area contributed by atoms with Crippen LogP contribution in [0.15, 0.2) is 67.0 Å². The van der Waals surface area contributed by atoms with Crippen LogP contribution in [-0.4, -0.2) is 30.0 Å². The Morgan fingerprint density at radius 3 is 2.34 bits per heavy atom. The molecule has 1 saturated heterocycles. The summed E-state index contributed by atoms with van der Waals surface area (Å²) in [4.78, 5) is 32.2. The number of urea groups is 1. The average Bonchev–Trinajstić information content (AvgIpc) is 2.88. The first-order valence-corrected chi connectivity index (χ1v) is 12.2.